The molecule has 0 unspecified atom stereocenters. The van der Waals surface area contributed by atoms with Gasteiger partial charge >= 0.3 is 6.01 Å². The molecule has 2 rings (SSSR count). The molecule has 0 saturated heterocycles. The van der Waals surface area contributed by atoms with Crippen molar-refractivity contribution >= 4 is 0 Å². The number of aryl methyl sites for hydroxylation is 1. The smallest absolute Gasteiger partial charge is 0.316 e. The van der Waals surface area contributed by atoms with E-state index in [-0.39, 0.29) is 0 Å². The van der Waals surface area contributed by atoms with Gasteiger partial charge in [0.2, 0.25) is 0 Å². The third-order valence-electron chi connectivity index (χ3n) is 3.75. The molecule has 1 aliphatic rings. The van der Waals surface area contributed by atoms with E-state index >= 15 is 0 Å². The maximum absolute atomic E-state index is 5.89. The highest BCUT2D eigenvalue weighted by atomic mass is 16.5. The van der Waals surface area contributed by atoms with Crippen molar-refractivity contribution in [1.82, 2.24) is 15.3 Å². The lowest BCUT2D eigenvalue weighted by Gasteiger charge is -2.22. The number of rotatable bonds is 6. The molecule has 1 aromatic heterocycles. The van der Waals surface area contributed by atoms with Crippen LogP contribution in [-0.2, 0) is 6.54 Å². The summed E-state index contributed by atoms with van der Waals surface area (Å²) in [6.07, 6.45) is 8.35. The Bertz CT molecular complexity index is 414. The van der Waals surface area contributed by atoms with Gasteiger partial charge in [-0.15, -0.1) is 0 Å². The van der Waals surface area contributed by atoms with Crippen LogP contribution in [0.25, 0.3) is 0 Å². The van der Waals surface area contributed by atoms with Gasteiger partial charge in [0.1, 0.15) is 6.10 Å². The van der Waals surface area contributed by atoms with Crippen LogP contribution in [0.2, 0.25) is 0 Å². The van der Waals surface area contributed by atoms with E-state index in [9.17, 15) is 0 Å². The average Bonchev–Trinajstić information content (AvgIpc) is 2.42. The average molecular weight is 277 g/mol. The first-order chi connectivity index (χ1) is 9.65. The second-order valence-corrected chi connectivity index (χ2v) is 6.17. The standard InChI is InChI=1S/C16H27N3O/c1-12(2)9-17-10-14-11-18-16(19-13(14)3)20-15-7-5-4-6-8-15/h11-12,15,17H,4-10H2,1-3H3. The Labute approximate surface area is 122 Å². The molecule has 0 amide bonds. The largest absolute Gasteiger partial charge is 0.460 e. The SMILES string of the molecule is Cc1nc(OC2CCCCC2)ncc1CNCC(C)C. The minimum Gasteiger partial charge on any atom is -0.460 e. The highest BCUT2D eigenvalue weighted by Crippen LogP contribution is 2.21. The lowest BCUT2D eigenvalue weighted by atomic mass is 9.98. The summed E-state index contributed by atoms with van der Waals surface area (Å²) in [7, 11) is 0. The molecule has 0 atom stereocenters. The summed E-state index contributed by atoms with van der Waals surface area (Å²) in [4.78, 5) is 8.85. The molecule has 1 fully saturated rings. The highest BCUT2D eigenvalue weighted by Gasteiger charge is 2.16. The molecular weight excluding hydrogens is 250 g/mol. The van der Waals surface area contributed by atoms with Crippen LogP contribution in [-0.4, -0.2) is 22.6 Å². The van der Waals surface area contributed by atoms with Gasteiger partial charge in [-0.1, -0.05) is 20.3 Å². The van der Waals surface area contributed by atoms with Gasteiger partial charge in [0.05, 0.1) is 0 Å². The van der Waals surface area contributed by atoms with Crippen molar-refractivity contribution in [2.24, 2.45) is 5.92 Å². The zero-order valence-electron chi connectivity index (χ0n) is 13.0. The van der Waals surface area contributed by atoms with Gasteiger partial charge in [-0.05, 0) is 45.1 Å². The predicted molar refractivity (Wildman–Crippen MR) is 80.8 cm³/mol. The third kappa shape index (κ3) is 4.75. The number of ether oxygens (including phenoxy) is 1. The summed E-state index contributed by atoms with van der Waals surface area (Å²) in [6.45, 7) is 8.28. The van der Waals surface area contributed by atoms with E-state index in [2.05, 4.69) is 29.1 Å². The molecule has 0 radical (unpaired) electrons. The van der Waals surface area contributed by atoms with Gasteiger partial charge in [-0.3, -0.25) is 0 Å². The molecule has 1 N–H and O–H groups in total. The number of nitrogens with zero attached hydrogens (tertiary/aromatic N) is 2. The van der Waals surface area contributed by atoms with Crippen LogP contribution in [0.4, 0.5) is 0 Å². The van der Waals surface area contributed by atoms with Crippen molar-refractivity contribution in [2.75, 3.05) is 6.54 Å². The fraction of sp³-hybridized carbons (Fsp3) is 0.750. The monoisotopic (exact) mass is 277 g/mol. The lowest BCUT2D eigenvalue weighted by molar-refractivity contribution is 0.141. The first kappa shape index (κ1) is 15.2. The van der Waals surface area contributed by atoms with E-state index in [1.807, 2.05) is 13.1 Å². The van der Waals surface area contributed by atoms with Crippen molar-refractivity contribution in [3.63, 3.8) is 0 Å². The van der Waals surface area contributed by atoms with Crippen LogP contribution < -0.4 is 10.1 Å². The second kappa shape index (κ2) is 7.58. The fourth-order valence-corrected chi connectivity index (χ4v) is 2.53. The van der Waals surface area contributed by atoms with Gasteiger partial charge in [-0.2, -0.15) is 0 Å². The maximum atomic E-state index is 5.89. The topological polar surface area (TPSA) is 47.0 Å². The molecule has 4 nitrogen and oxygen atoms in total. The lowest BCUT2D eigenvalue weighted by Crippen LogP contribution is -2.22. The van der Waals surface area contributed by atoms with Crippen LogP contribution in [0.5, 0.6) is 6.01 Å². The van der Waals surface area contributed by atoms with Crippen LogP contribution in [0.1, 0.15) is 57.2 Å². The number of hydrogen-bond acceptors (Lipinski definition) is 4. The molecule has 1 heterocycles. The van der Waals surface area contributed by atoms with Crippen LogP contribution in [0, 0.1) is 12.8 Å². The van der Waals surface area contributed by atoms with E-state index in [0.717, 1.165) is 37.2 Å². The van der Waals surface area contributed by atoms with Crippen molar-refractivity contribution in [2.45, 2.75) is 65.5 Å². The molecule has 1 saturated carbocycles. The van der Waals surface area contributed by atoms with Gasteiger partial charge in [0.25, 0.3) is 0 Å². The molecule has 4 heteroatoms. The van der Waals surface area contributed by atoms with Crippen molar-refractivity contribution in [3.8, 4) is 6.01 Å². The van der Waals surface area contributed by atoms with Crippen LogP contribution in [0.15, 0.2) is 6.20 Å². The van der Waals surface area contributed by atoms with Crippen LogP contribution in [0.3, 0.4) is 0 Å². The summed E-state index contributed by atoms with van der Waals surface area (Å²) < 4.78 is 5.89. The molecular formula is C16H27N3O. The fourth-order valence-electron chi connectivity index (χ4n) is 2.53. The summed E-state index contributed by atoms with van der Waals surface area (Å²) in [5, 5.41) is 3.42. The van der Waals surface area contributed by atoms with Crippen LogP contribution >= 0.6 is 0 Å². The summed E-state index contributed by atoms with van der Waals surface area (Å²) in [5.41, 5.74) is 2.17. The van der Waals surface area contributed by atoms with Crippen molar-refractivity contribution in [3.05, 3.63) is 17.5 Å². The summed E-state index contributed by atoms with van der Waals surface area (Å²) in [6, 6.07) is 0.544. The van der Waals surface area contributed by atoms with E-state index in [0.29, 0.717) is 18.0 Å². The quantitative estimate of drug-likeness (QED) is 0.867. The summed E-state index contributed by atoms with van der Waals surface area (Å²) >= 11 is 0. The Morgan fingerprint density at radius 1 is 1.30 bits per heavy atom. The number of aromatic nitrogens is 2. The number of hydrogen-bond donors (Lipinski definition) is 1. The minimum atomic E-state index is 0.313. The molecule has 0 aliphatic heterocycles. The van der Waals surface area contributed by atoms with Crippen molar-refractivity contribution < 1.29 is 4.74 Å². The molecule has 1 aromatic rings. The normalized spacial score (nSPS) is 16.6. The Morgan fingerprint density at radius 3 is 2.70 bits per heavy atom. The van der Waals surface area contributed by atoms with Gasteiger partial charge in [0, 0.05) is 24.0 Å². The second-order valence-electron chi connectivity index (χ2n) is 6.17. The Balaban J connectivity index is 1.87. The van der Waals surface area contributed by atoms with Gasteiger partial charge in [-0.25, -0.2) is 9.97 Å². The molecule has 1 aliphatic carbocycles. The van der Waals surface area contributed by atoms with Crippen molar-refractivity contribution in [1.29, 1.82) is 0 Å². The molecule has 0 aromatic carbocycles. The number of nitrogens with one attached hydrogen (secondary N) is 1. The van der Waals surface area contributed by atoms with E-state index in [1.165, 1.54) is 19.3 Å². The minimum absolute atomic E-state index is 0.313. The Kier molecular flexibility index (Phi) is 5.77. The first-order valence-corrected chi connectivity index (χ1v) is 7.85. The summed E-state index contributed by atoms with van der Waals surface area (Å²) in [5.74, 6) is 0.658. The molecule has 112 valence electrons. The van der Waals surface area contributed by atoms with Gasteiger partial charge in [0.15, 0.2) is 0 Å². The zero-order chi connectivity index (χ0) is 14.4. The molecule has 0 bridgehead atoms. The first-order valence-electron chi connectivity index (χ1n) is 7.85. The Morgan fingerprint density at radius 2 is 2.05 bits per heavy atom. The zero-order valence-corrected chi connectivity index (χ0v) is 13.0. The highest BCUT2D eigenvalue weighted by molar-refractivity contribution is 5.17. The predicted octanol–water partition coefficient (Wildman–Crippen LogP) is 3.24. The molecule has 20 heavy (non-hydrogen) atoms. The van der Waals surface area contributed by atoms with E-state index in [1.54, 1.807) is 0 Å². The van der Waals surface area contributed by atoms with E-state index in [4.69, 9.17) is 4.74 Å². The molecule has 0 spiro atoms. The third-order valence-corrected chi connectivity index (χ3v) is 3.75. The van der Waals surface area contributed by atoms with Gasteiger partial charge < -0.3 is 10.1 Å². The van der Waals surface area contributed by atoms with E-state index < -0.39 is 0 Å². The maximum Gasteiger partial charge on any atom is 0.316 e. The Hall–Kier alpha value is -1.16.